The van der Waals surface area contributed by atoms with Crippen LogP contribution in [-0.4, -0.2) is 44.0 Å². The van der Waals surface area contributed by atoms with Gasteiger partial charge >= 0.3 is 5.97 Å². The van der Waals surface area contributed by atoms with E-state index < -0.39 is 15.8 Å². The van der Waals surface area contributed by atoms with E-state index >= 15 is 0 Å². The normalized spacial score (nSPS) is 12.9. The molecule has 0 spiro atoms. The number of carbonyl (C=O) groups excluding carboxylic acids is 1. The third kappa shape index (κ3) is 12.0. The Morgan fingerprint density at radius 1 is 1.15 bits per heavy atom. The van der Waals surface area contributed by atoms with Crippen LogP contribution in [0.4, 0.5) is 0 Å². The molecular formula is C13H25NO5S. The quantitative estimate of drug-likeness (QED) is 0.597. The van der Waals surface area contributed by atoms with Gasteiger partial charge < -0.3 is 10.4 Å². The van der Waals surface area contributed by atoms with Gasteiger partial charge in [-0.2, -0.15) is 0 Å². The van der Waals surface area contributed by atoms with Gasteiger partial charge in [-0.05, 0) is 18.8 Å². The lowest BCUT2D eigenvalue weighted by molar-refractivity contribution is -0.137. The Morgan fingerprint density at radius 2 is 1.80 bits per heavy atom. The molecule has 0 aromatic rings. The van der Waals surface area contributed by atoms with Crippen LogP contribution < -0.4 is 5.32 Å². The summed E-state index contributed by atoms with van der Waals surface area (Å²) >= 11 is 0. The maximum absolute atomic E-state index is 11.4. The first-order valence-corrected chi connectivity index (χ1v) is 8.97. The lowest BCUT2D eigenvalue weighted by Crippen LogP contribution is -2.27. The lowest BCUT2D eigenvalue weighted by Gasteiger charge is -2.15. The number of hydrogen-bond donors (Lipinski definition) is 2. The molecule has 0 radical (unpaired) electrons. The van der Waals surface area contributed by atoms with Crippen molar-refractivity contribution in [2.24, 2.45) is 5.92 Å². The van der Waals surface area contributed by atoms with Gasteiger partial charge in [0.15, 0.2) is 0 Å². The van der Waals surface area contributed by atoms with E-state index in [2.05, 4.69) is 5.32 Å². The van der Waals surface area contributed by atoms with Crippen LogP contribution in [0.15, 0.2) is 0 Å². The Hall–Kier alpha value is -1.11. The van der Waals surface area contributed by atoms with Crippen molar-refractivity contribution < 1.29 is 23.1 Å². The highest BCUT2D eigenvalue weighted by Crippen LogP contribution is 2.17. The average Bonchev–Trinajstić information content (AvgIpc) is 2.32. The Morgan fingerprint density at radius 3 is 2.30 bits per heavy atom. The van der Waals surface area contributed by atoms with Crippen molar-refractivity contribution >= 4 is 21.7 Å². The minimum Gasteiger partial charge on any atom is -0.481 e. The number of nitrogens with one attached hydrogen (secondary N) is 1. The molecule has 0 aromatic carbocycles. The molecule has 20 heavy (non-hydrogen) atoms. The smallest absolute Gasteiger partial charge is 0.303 e. The van der Waals surface area contributed by atoms with E-state index in [1.807, 2.05) is 6.92 Å². The molecule has 0 saturated carbocycles. The van der Waals surface area contributed by atoms with Gasteiger partial charge in [0, 0.05) is 25.6 Å². The minimum atomic E-state index is -3.11. The fourth-order valence-corrected chi connectivity index (χ4v) is 2.51. The predicted molar refractivity (Wildman–Crippen MR) is 77.2 cm³/mol. The number of carboxylic acid groups (broad SMARTS) is 1. The summed E-state index contributed by atoms with van der Waals surface area (Å²) in [5, 5.41) is 11.3. The van der Waals surface area contributed by atoms with Crippen molar-refractivity contribution in [3.63, 3.8) is 0 Å². The van der Waals surface area contributed by atoms with Gasteiger partial charge in [-0.25, -0.2) is 8.42 Å². The summed E-state index contributed by atoms with van der Waals surface area (Å²) in [4.78, 5) is 22.0. The summed E-state index contributed by atoms with van der Waals surface area (Å²) in [6, 6.07) is 0. The molecule has 0 aliphatic heterocycles. The van der Waals surface area contributed by atoms with E-state index in [-0.39, 0.29) is 30.4 Å². The lowest BCUT2D eigenvalue weighted by atomic mass is 9.94. The van der Waals surface area contributed by atoms with E-state index in [1.165, 1.54) is 0 Å². The molecule has 0 bridgehead atoms. The van der Waals surface area contributed by atoms with Gasteiger partial charge in [0.25, 0.3) is 0 Å². The predicted octanol–water partition coefficient (Wildman–Crippen LogP) is 1.21. The number of rotatable bonds is 11. The number of carboxylic acids is 1. The van der Waals surface area contributed by atoms with Crippen molar-refractivity contribution in [3.8, 4) is 0 Å². The number of hydrogen-bond acceptors (Lipinski definition) is 4. The van der Waals surface area contributed by atoms with E-state index in [0.717, 1.165) is 25.5 Å². The van der Waals surface area contributed by atoms with E-state index in [0.29, 0.717) is 13.0 Å². The summed E-state index contributed by atoms with van der Waals surface area (Å²) in [6.07, 6.45) is 4.48. The van der Waals surface area contributed by atoms with Crippen molar-refractivity contribution in [1.82, 2.24) is 5.32 Å². The molecule has 7 heteroatoms. The zero-order valence-electron chi connectivity index (χ0n) is 12.2. The van der Waals surface area contributed by atoms with Crippen molar-refractivity contribution in [3.05, 3.63) is 0 Å². The second-order valence-electron chi connectivity index (χ2n) is 5.11. The second kappa shape index (κ2) is 9.74. The highest BCUT2D eigenvalue weighted by atomic mass is 32.2. The zero-order valence-corrected chi connectivity index (χ0v) is 13.0. The number of amides is 1. The highest BCUT2D eigenvalue weighted by Gasteiger charge is 2.12. The Balaban J connectivity index is 3.92. The van der Waals surface area contributed by atoms with Gasteiger partial charge in [-0.3, -0.25) is 9.59 Å². The van der Waals surface area contributed by atoms with E-state index in [9.17, 15) is 18.0 Å². The summed E-state index contributed by atoms with van der Waals surface area (Å²) in [6.45, 7) is 2.51. The Kier molecular flexibility index (Phi) is 9.20. The first-order chi connectivity index (χ1) is 9.24. The van der Waals surface area contributed by atoms with Gasteiger partial charge in [0.1, 0.15) is 9.84 Å². The Bertz CT molecular complexity index is 405. The molecule has 0 fully saturated rings. The summed E-state index contributed by atoms with van der Waals surface area (Å²) < 4.78 is 21.8. The zero-order chi connectivity index (χ0) is 15.6. The fraction of sp³-hybridized carbons (Fsp3) is 0.846. The number of carbonyl (C=O) groups is 2. The van der Waals surface area contributed by atoms with Crippen LogP contribution in [0.3, 0.4) is 0 Å². The minimum absolute atomic E-state index is 0.0214. The number of aliphatic carboxylic acids is 1. The molecule has 1 amide bonds. The van der Waals surface area contributed by atoms with Crippen LogP contribution in [0.2, 0.25) is 0 Å². The van der Waals surface area contributed by atoms with Crippen molar-refractivity contribution in [2.45, 2.75) is 45.4 Å². The van der Waals surface area contributed by atoms with Gasteiger partial charge in [0.2, 0.25) is 5.91 Å². The molecule has 0 aliphatic rings. The standard InChI is InChI=1S/C13H25NO5S/c1-3-4-11(5-6-13(16)17)7-9-14-12(15)8-10-20(2,18)19/h11H,3-10H2,1-2H3,(H,14,15)(H,16,17). The molecule has 0 aliphatic carbocycles. The van der Waals surface area contributed by atoms with E-state index in [1.54, 1.807) is 0 Å². The molecule has 6 nitrogen and oxygen atoms in total. The molecule has 0 rings (SSSR count). The summed E-state index contributed by atoms with van der Waals surface area (Å²) in [5.74, 6) is -0.936. The summed E-state index contributed by atoms with van der Waals surface area (Å²) in [7, 11) is -3.11. The molecule has 118 valence electrons. The molecule has 0 aromatic heterocycles. The average molecular weight is 307 g/mol. The maximum atomic E-state index is 11.4. The van der Waals surface area contributed by atoms with E-state index in [4.69, 9.17) is 5.11 Å². The van der Waals surface area contributed by atoms with Gasteiger partial charge in [-0.15, -0.1) is 0 Å². The highest BCUT2D eigenvalue weighted by molar-refractivity contribution is 7.90. The molecule has 1 unspecified atom stereocenters. The monoisotopic (exact) mass is 307 g/mol. The van der Waals surface area contributed by atoms with Crippen LogP contribution >= 0.6 is 0 Å². The molecule has 0 saturated heterocycles. The molecular weight excluding hydrogens is 282 g/mol. The maximum Gasteiger partial charge on any atom is 0.303 e. The van der Waals surface area contributed by atoms with Crippen LogP contribution in [-0.2, 0) is 19.4 Å². The first kappa shape index (κ1) is 18.9. The first-order valence-electron chi connectivity index (χ1n) is 6.90. The van der Waals surface area contributed by atoms with Gasteiger partial charge in [-0.1, -0.05) is 19.8 Å². The number of sulfone groups is 1. The third-order valence-electron chi connectivity index (χ3n) is 3.04. The Labute approximate surface area is 120 Å². The topological polar surface area (TPSA) is 101 Å². The third-order valence-corrected chi connectivity index (χ3v) is 3.98. The second-order valence-corrected chi connectivity index (χ2v) is 7.37. The largest absolute Gasteiger partial charge is 0.481 e. The molecule has 1 atom stereocenters. The van der Waals surface area contributed by atoms with Crippen LogP contribution in [0.5, 0.6) is 0 Å². The SMILES string of the molecule is CCCC(CCNC(=O)CCS(C)(=O)=O)CCC(=O)O. The molecule has 2 N–H and O–H groups in total. The van der Waals surface area contributed by atoms with Crippen molar-refractivity contribution in [1.29, 1.82) is 0 Å². The van der Waals surface area contributed by atoms with Gasteiger partial charge in [0.05, 0.1) is 5.75 Å². The fourth-order valence-electron chi connectivity index (χ4n) is 1.95. The van der Waals surface area contributed by atoms with Crippen molar-refractivity contribution in [2.75, 3.05) is 18.6 Å². The summed E-state index contributed by atoms with van der Waals surface area (Å²) in [5.41, 5.74) is 0. The van der Waals surface area contributed by atoms with Crippen LogP contribution in [0, 0.1) is 5.92 Å². The van der Waals surface area contributed by atoms with Crippen LogP contribution in [0.1, 0.15) is 45.4 Å². The molecule has 0 heterocycles. The van der Waals surface area contributed by atoms with Crippen LogP contribution in [0.25, 0.3) is 0 Å².